The molecule has 1 aromatic rings. The first-order valence-electron chi connectivity index (χ1n) is 5.48. The van der Waals surface area contributed by atoms with Crippen LogP contribution in [-0.2, 0) is 6.42 Å². The molecule has 0 radical (unpaired) electrons. The number of nitrogens with zero attached hydrogens (tertiary/aromatic N) is 1. The van der Waals surface area contributed by atoms with Crippen molar-refractivity contribution in [2.24, 2.45) is 5.92 Å². The highest BCUT2D eigenvalue weighted by molar-refractivity contribution is 5.31. The lowest BCUT2D eigenvalue weighted by Gasteiger charge is -2.13. The van der Waals surface area contributed by atoms with E-state index in [1.807, 2.05) is 26.0 Å². The zero-order valence-electron chi connectivity index (χ0n) is 9.48. The maximum absolute atomic E-state index is 9.62. The number of aliphatic hydroxyl groups is 1. The fourth-order valence-electron chi connectivity index (χ4n) is 1.50. The van der Waals surface area contributed by atoms with Gasteiger partial charge in [-0.15, -0.1) is 0 Å². The number of rotatable bonds is 5. The number of aryl methyl sites for hydroxylation is 1. The molecule has 0 saturated heterocycles. The summed E-state index contributed by atoms with van der Waals surface area (Å²) in [5.41, 5.74) is 6.77. The van der Waals surface area contributed by atoms with Crippen LogP contribution in [0.3, 0.4) is 0 Å². The van der Waals surface area contributed by atoms with Crippen LogP contribution in [0.4, 0.5) is 5.82 Å². The summed E-state index contributed by atoms with van der Waals surface area (Å²) in [6, 6.07) is 3.86. The van der Waals surface area contributed by atoms with E-state index in [1.165, 1.54) is 5.56 Å². The monoisotopic (exact) mass is 208 g/mol. The molecule has 1 heterocycles. The van der Waals surface area contributed by atoms with Crippen molar-refractivity contribution < 1.29 is 5.11 Å². The van der Waals surface area contributed by atoms with Gasteiger partial charge >= 0.3 is 0 Å². The average Bonchev–Trinajstić information content (AvgIpc) is 2.17. The van der Waals surface area contributed by atoms with Crippen molar-refractivity contribution in [2.75, 3.05) is 5.73 Å². The molecule has 84 valence electrons. The number of nitrogen functional groups attached to an aromatic ring is 1. The number of anilines is 1. The molecular formula is C12H20N2O. The molecule has 3 N–H and O–H groups in total. The third-order valence-corrected chi connectivity index (χ3v) is 2.58. The van der Waals surface area contributed by atoms with E-state index < -0.39 is 0 Å². The molecule has 1 aromatic heterocycles. The number of nitrogens with two attached hydrogens (primary N) is 1. The lowest BCUT2D eigenvalue weighted by atomic mass is 10.00. The highest BCUT2D eigenvalue weighted by atomic mass is 16.3. The normalized spacial score (nSPS) is 13.1. The van der Waals surface area contributed by atoms with E-state index in [1.54, 1.807) is 6.20 Å². The summed E-state index contributed by atoms with van der Waals surface area (Å²) in [7, 11) is 0. The summed E-state index contributed by atoms with van der Waals surface area (Å²) in [5, 5.41) is 9.62. The van der Waals surface area contributed by atoms with Crippen LogP contribution < -0.4 is 5.73 Å². The Hall–Kier alpha value is -1.09. The minimum absolute atomic E-state index is 0.191. The Morgan fingerprint density at radius 2 is 2.20 bits per heavy atom. The van der Waals surface area contributed by atoms with Crippen molar-refractivity contribution in [3.63, 3.8) is 0 Å². The SMILES string of the molecule is CC(C)C(O)CCCc1ccnc(N)c1. The second kappa shape index (κ2) is 5.71. The molecule has 0 saturated carbocycles. The molecule has 0 fully saturated rings. The molecule has 0 amide bonds. The first kappa shape index (κ1) is 12.0. The van der Waals surface area contributed by atoms with Crippen molar-refractivity contribution in [3.8, 4) is 0 Å². The van der Waals surface area contributed by atoms with Crippen LogP contribution in [-0.4, -0.2) is 16.2 Å². The van der Waals surface area contributed by atoms with Crippen LogP contribution in [0, 0.1) is 5.92 Å². The van der Waals surface area contributed by atoms with Crippen molar-refractivity contribution in [1.29, 1.82) is 0 Å². The number of aliphatic hydroxyl groups excluding tert-OH is 1. The van der Waals surface area contributed by atoms with Gasteiger partial charge in [0, 0.05) is 6.20 Å². The molecule has 3 heteroatoms. The second-order valence-electron chi connectivity index (χ2n) is 4.29. The first-order valence-corrected chi connectivity index (χ1v) is 5.48. The van der Waals surface area contributed by atoms with E-state index in [-0.39, 0.29) is 6.10 Å². The average molecular weight is 208 g/mol. The van der Waals surface area contributed by atoms with E-state index in [9.17, 15) is 5.11 Å². The van der Waals surface area contributed by atoms with Gasteiger partial charge in [0.2, 0.25) is 0 Å². The molecule has 1 unspecified atom stereocenters. The Kier molecular flexibility index (Phi) is 4.56. The molecule has 15 heavy (non-hydrogen) atoms. The predicted octanol–water partition coefficient (Wildman–Crippen LogP) is 2.00. The minimum Gasteiger partial charge on any atom is -0.393 e. The number of hydrogen-bond acceptors (Lipinski definition) is 3. The quantitative estimate of drug-likeness (QED) is 0.778. The number of hydrogen-bond donors (Lipinski definition) is 2. The maximum Gasteiger partial charge on any atom is 0.123 e. The molecule has 1 atom stereocenters. The molecule has 1 rings (SSSR count). The van der Waals surface area contributed by atoms with Crippen molar-refractivity contribution in [3.05, 3.63) is 23.9 Å². The molecule has 0 spiro atoms. The van der Waals surface area contributed by atoms with Gasteiger partial charge in [0.1, 0.15) is 5.82 Å². The fourth-order valence-corrected chi connectivity index (χ4v) is 1.50. The van der Waals surface area contributed by atoms with Crippen molar-refractivity contribution in [1.82, 2.24) is 4.98 Å². The Bertz CT molecular complexity index is 299. The van der Waals surface area contributed by atoms with E-state index in [0.717, 1.165) is 19.3 Å². The second-order valence-corrected chi connectivity index (χ2v) is 4.29. The number of pyridine rings is 1. The maximum atomic E-state index is 9.62. The van der Waals surface area contributed by atoms with Gasteiger partial charge in [0.15, 0.2) is 0 Å². The molecule has 3 nitrogen and oxygen atoms in total. The predicted molar refractivity (Wildman–Crippen MR) is 62.4 cm³/mol. The van der Waals surface area contributed by atoms with Gasteiger partial charge in [-0.3, -0.25) is 0 Å². The smallest absolute Gasteiger partial charge is 0.123 e. The lowest BCUT2D eigenvalue weighted by Crippen LogP contribution is -2.14. The van der Waals surface area contributed by atoms with Crippen molar-refractivity contribution >= 4 is 5.82 Å². The van der Waals surface area contributed by atoms with Crippen LogP contribution in [0.15, 0.2) is 18.3 Å². The van der Waals surface area contributed by atoms with Gasteiger partial charge in [0.25, 0.3) is 0 Å². The van der Waals surface area contributed by atoms with E-state index >= 15 is 0 Å². The summed E-state index contributed by atoms with van der Waals surface area (Å²) < 4.78 is 0. The van der Waals surface area contributed by atoms with Crippen molar-refractivity contribution in [2.45, 2.75) is 39.2 Å². The van der Waals surface area contributed by atoms with Gasteiger partial charge in [-0.25, -0.2) is 4.98 Å². The number of aromatic nitrogens is 1. The highest BCUT2D eigenvalue weighted by Crippen LogP contribution is 2.12. The van der Waals surface area contributed by atoms with Crippen LogP contribution in [0.2, 0.25) is 0 Å². The molecule has 0 aromatic carbocycles. The fraction of sp³-hybridized carbons (Fsp3) is 0.583. The van der Waals surface area contributed by atoms with E-state index in [4.69, 9.17) is 5.73 Å². The lowest BCUT2D eigenvalue weighted by molar-refractivity contribution is 0.114. The van der Waals surface area contributed by atoms with Crippen LogP contribution in [0.5, 0.6) is 0 Å². The Morgan fingerprint density at radius 3 is 2.80 bits per heavy atom. The third kappa shape index (κ3) is 4.30. The standard InChI is InChI=1S/C12H20N2O/c1-9(2)11(15)5-3-4-10-6-7-14-12(13)8-10/h6-9,11,15H,3-5H2,1-2H3,(H2,13,14). The van der Waals surface area contributed by atoms with Gasteiger partial charge < -0.3 is 10.8 Å². The largest absolute Gasteiger partial charge is 0.393 e. The highest BCUT2D eigenvalue weighted by Gasteiger charge is 2.08. The summed E-state index contributed by atoms with van der Waals surface area (Å²) in [5.74, 6) is 0.907. The molecule has 0 aliphatic carbocycles. The summed E-state index contributed by atoms with van der Waals surface area (Å²) in [4.78, 5) is 3.94. The molecule has 0 bridgehead atoms. The zero-order chi connectivity index (χ0) is 11.3. The Morgan fingerprint density at radius 1 is 1.47 bits per heavy atom. The van der Waals surface area contributed by atoms with Crippen LogP contribution in [0.25, 0.3) is 0 Å². The molecule has 0 aliphatic heterocycles. The van der Waals surface area contributed by atoms with Crippen LogP contribution in [0.1, 0.15) is 32.3 Å². The first-order chi connectivity index (χ1) is 7.09. The topological polar surface area (TPSA) is 59.1 Å². The molecule has 0 aliphatic rings. The van der Waals surface area contributed by atoms with Gasteiger partial charge in [-0.05, 0) is 42.9 Å². The zero-order valence-corrected chi connectivity index (χ0v) is 9.48. The molecular weight excluding hydrogens is 188 g/mol. The van der Waals surface area contributed by atoms with E-state index in [0.29, 0.717) is 11.7 Å². The summed E-state index contributed by atoms with van der Waals surface area (Å²) in [6.45, 7) is 4.07. The summed E-state index contributed by atoms with van der Waals surface area (Å²) in [6.07, 6.45) is 4.33. The van der Waals surface area contributed by atoms with E-state index in [2.05, 4.69) is 4.98 Å². The minimum atomic E-state index is -0.191. The summed E-state index contributed by atoms with van der Waals surface area (Å²) >= 11 is 0. The Balaban J connectivity index is 2.32. The van der Waals surface area contributed by atoms with Gasteiger partial charge in [-0.2, -0.15) is 0 Å². The van der Waals surface area contributed by atoms with Crippen LogP contribution >= 0.6 is 0 Å². The Labute approximate surface area is 91.3 Å². The third-order valence-electron chi connectivity index (χ3n) is 2.58. The van der Waals surface area contributed by atoms with Gasteiger partial charge in [-0.1, -0.05) is 13.8 Å². The van der Waals surface area contributed by atoms with Gasteiger partial charge in [0.05, 0.1) is 6.10 Å².